The third kappa shape index (κ3) is 5.69. The molecule has 0 radical (unpaired) electrons. The van der Waals surface area contributed by atoms with Crippen LogP contribution in [0.2, 0.25) is 0 Å². The van der Waals surface area contributed by atoms with Crippen molar-refractivity contribution in [3.63, 3.8) is 0 Å². The van der Waals surface area contributed by atoms with E-state index in [9.17, 15) is 9.18 Å². The minimum atomic E-state index is -0.922. The van der Waals surface area contributed by atoms with Crippen molar-refractivity contribution in [2.45, 2.75) is 50.5 Å². The molecule has 3 rings (SSSR count). The van der Waals surface area contributed by atoms with Crippen LogP contribution in [0.3, 0.4) is 0 Å². The van der Waals surface area contributed by atoms with E-state index in [-0.39, 0.29) is 10.4 Å². The second-order valence-electron chi connectivity index (χ2n) is 8.80. The van der Waals surface area contributed by atoms with E-state index in [0.29, 0.717) is 40.8 Å². The molecule has 1 amide bonds. The number of pyridine rings is 1. The molecule has 0 saturated heterocycles. The van der Waals surface area contributed by atoms with Crippen molar-refractivity contribution in [3.8, 4) is 18.1 Å². The average molecular weight is 485 g/mol. The van der Waals surface area contributed by atoms with E-state index in [4.69, 9.17) is 21.6 Å². The molecule has 2 aromatic rings. The number of aryl methyl sites for hydroxylation is 1. The van der Waals surface area contributed by atoms with E-state index in [1.807, 2.05) is 13.8 Å². The predicted molar refractivity (Wildman–Crippen MR) is 134 cm³/mol. The summed E-state index contributed by atoms with van der Waals surface area (Å²) in [5, 5.41) is 3.16. The van der Waals surface area contributed by atoms with Crippen molar-refractivity contribution in [2.75, 3.05) is 19.0 Å². The van der Waals surface area contributed by atoms with Gasteiger partial charge in [0.15, 0.2) is 11.3 Å². The summed E-state index contributed by atoms with van der Waals surface area (Å²) < 4.78 is 25.5. The van der Waals surface area contributed by atoms with E-state index in [2.05, 4.69) is 21.2 Å². The van der Waals surface area contributed by atoms with Gasteiger partial charge in [0.05, 0.1) is 18.3 Å². The maximum absolute atomic E-state index is 15.0. The Hall–Kier alpha value is -3.09. The lowest BCUT2D eigenvalue weighted by Gasteiger charge is -2.41. The minimum absolute atomic E-state index is 0.224. The number of rotatable bonds is 7. The number of amides is 1. The molecule has 0 aliphatic carbocycles. The highest BCUT2D eigenvalue weighted by Crippen LogP contribution is 2.46. The fourth-order valence-electron chi connectivity index (χ4n) is 4.16. The third-order valence-electron chi connectivity index (χ3n) is 5.50. The second-order valence-corrected chi connectivity index (χ2v) is 10.4. The number of hydrogen-bond acceptors (Lipinski definition) is 7. The van der Waals surface area contributed by atoms with Gasteiger partial charge in [-0.1, -0.05) is 17.7 Å². The Kier molecular flexibility index (Phi) is 7.54. The first-order valence-electron chi connectivity index (χ1n) is 10.7. The number of terminal acetylenes is 1. The molecule has 7 nitrogen and oxygen atoms in total. The molecule has 34 heavy (non-hydrogen) atoms. The first kappa shape index (κ1) is 25.5. The summed E-state index contributed by atoms with van der Waals surface area (Å²) in [7, 11) is 1.62. The van der Waals surface area contributed by atoms with Crippen LogP contribution in [0.25, 0.3) is 0 Å². The number of amidine groups is 1. The van der Waals surface area contributed by atoms with Gasteiger partial charge in [-0.3, -0.25) is 9.79 Å². The molecule has 3 atom stereocenters. The molecule has 0 unspecified atom stereocenters. The summed E-state index contributed by atoms with van der Waals surface area (Å²) in [6.45, 7) is 7.77. The molecule has 0 saturated carbocycles. The van der Waals surface area contributed by atoms with E-state index < -0.39 is 23.4 Å². The van der Waals surface area contributed by atoms with Crippen molar-refractivity contribution < 1.29 is 18.7 Å². The van der Waals surface area contributed by atoms with Crippen LogP contribution in [0.1, 0.15) is 48.8 Å². The van der Waals surface area contributed by atoms with E-state index >= 15 is 0 Å². The summed E-state index contributed by atoms with van der Waals surface area (Å²) in [6, 6.07) is 6.10. The van der Waals surface area contributed by atoms with E-state index in [1.54, 1.807) is 33.1 Å². The number of halogens is 1. The Morgan fingerprint density at radius 1 is 1.41 bits per heavy atom. The van der Waals surface area contributed by atoms with Gasteiger partial charge in [-0.05, 0) is 63.9 Å². The number of carbonyl (C=O) groups excluding carboxylic acids is 1. The van der Waals surface area contributed by atoms with Crippen molar-refractivity contribution in [2.24, 2.45) is 10.7 Å². The Morgan fingerprint density at radius 3 is 2.79 bits per heavy atom. The van der Waals surface area contributed by atoms with E-state index in [0.717, 1.165) is 0 Å². The van der Waals surface area contributed by atoms with Crippen LogP contribution in [-0.2, 0) is 10.3 Å². The summed E-state index contributed by atoms with van der Waals surface area (Å²) in [4.78, 5) is 21.7. The van der Waals surface area contributed by atoms with Crippen LogP contribution in [0.4, 0.5) is 10.1 Å². The number of hydrogen-bond donors (Lipinski definition) is 2. The van der Waals surface area contributed by atoms with Gasteiger partial charge < -0.3 is 20.5 Å². The molecule has 9 heteroatoms. The Morgan fingerprint density at radius 2 is 2.15 bits per heavy atom. The Balaban J connectivity index is 1.86. The van der Waals surface area contributed by atoms with Gasteiger partial charge >= 0.3 is 0 Å². The van der Waals surface area contributed by atoms with Crippen molar-refractivity contribution in [1.29, 1.82) is 0 Å². The molecule has 0 fully saturated rings. The quantitative estimate of drug-likeness (QED) is 0.570. The van der Waals surface area contributed by atoms with Crippen molar-refractivity contribution in [3.05, 3.63) is 53.1 Å². The topological polar surface area (TPSA) is 98.8 Å². The fraction of sp³-hybridized carbons (Fsp3) is 0.400. The summed E-state index contributed by atoms with van der Waals surface area (Å²) in [6.07, 6.45) is 6.87. The average Bonchev–Trinajstić information content (AvgIpc) is 2.73. The maximum atomic E-state index is 15.0. The molecule has 1 aromatic carbocycles. The largest absolute Gasteiger partial charge is 0.476 e. The molecule has 180 valence electrons. The first-order chi connectivity index (χ1) is 16.0. The van der Waals surface area contributed by atoms with Gasteiger partial charge in [-0.25, -0.2) is 9.37 Å². The highest BCUT2D eigenvalue weighted by molar-refractivity contribution is 8.15. The zero-order valence-corrected chi connectivity index (χ0v) is 20.8. The standard InChI is InChI=1S/C25H29FN4O3S/c1-7-16(3)33-18-10-15(2)21(28-12-18)22(31)29-17-8-9-20(26)19(11-17)25(5)13-24(4,14-32-6)34-23(27)30-25/h1,8-12,16H,13-14H2,2-6H3,(H2,27,30)(H,29,31)/t16-,24+,25-/m0/s1. The van der Waals surface area contributed by atoms with Crippen LogP contribution >= 0.6 is 11.8 Å². The predicted octanol–water partition coefficient (Wildman–Crippen LogP) is 4.25. The number of carbonyl (C=O) groups is 1. The van der Waals surface area contributed by atoms with Crippen molar-refractivity contribution >= 4 is 28.5 Å². The van der Waals surface area contributed by atoms with Gasteiger partial charge in [-0.15, -0.1) is 6.42 Å². The number of nitrogens with two attached hydrogens (primary N) is 1. The minimum Gasteiger partial charge on any atom is -0.476 e. The molecular weight excluding hydrogens is 455 g/mol. The fourth-order valence-corrected chi connectivity index (χ4v) is 5.44. The third-order valence-corrected chi connectivity index (χ3v) is 6.55. The lowest BCUT2D eigenvalue weighted by Crippen LogP contribution is -2.43. The number of aromatic nitrogens is 1. The molecule has 0 bridgehead atoms. The lowest BCUT2D eigenvalue weighted by molar-refractivity contribution is 0.102. The molecular formula is C25H29FN4O3S. The van der Waals surface area contributed by atoms with Crippen molar-refractivity contribution in [1.82, 2.24) is 4.98 Å². The summed E-state index contributed by atoms with van der Waals surface area (Å²) in [5.41, 5.74) is 6.78. The molecule has 1 aliphatic heterocycles. The number of nitrogens with one attached hydrogen (secondary N) is 1. The summed E-state index contributed by atoms with van der Waals surface area (Å²) >= 11 is 1.42. The number of benzene rings is 1. The number of nitrogens with zero attached hydrogens (tertiary/aromatic N) is 2. The highest BCUT2D eigenvalue weighted by atomic mass is 32.2. The lowest BCUT2D eigenvalue weighted by atomic mass is 9.83. The molecule has 1 aliphatic rings. The molecule has 1 aromatic heterocycles. The number of anilines is 1. The van der Waals surface area contributed by atoms with Gasteiger partial charge in [-0.2, -0.15) is 0 Å². The van der Waals surface area contributed by atoms with E-state index in [1.165, 1.54) is 30.1 Å². The second kappa shape index (κ2) is 10.0. The smallest absolute Gasteiger partial charge is 0.274 e. The highest BCUT2D eigenvalue weighted by Gasteiger charge is 2.43. The normalized spacial score (nSPS) is 22.9. The van der Waals surface area contributed by atoms with Gasteiger partial charge in [0.25, 0.3) is 5.91 Å². The first-order valence-corrected chi connectivity index (χ1v) is 11.5. The van der Waals surface area contributed by atoms with Gasteiger partial charge in [0.1, 0.15) is 17.3 Å². The molecule has 0 spiro atoms. The van der Waals surface area contributed by atoms with Gasteiger partial charge in [0.2, 0.25) is 0 Å². The number of thioether (sulfide) groups is 1. The number of ether oxygens (including phenoxy) is 2. The van der Waals surface area contributed by atoms with Gasteiger partial charge in [0, 0.05) is 23.1 Å². The number of aliphatic imine (C=N–C) groups is 1. The van der Waals surface area contributed by atoms with Crippen LogP contribution in [0.15, 0.2) is 35.5 Å². The Bertz CT molecular complexity index is 1170. The zero-order valence-electron chi connectivity index (χ0n) is 19.9. The molecule has 2 heterocycles. The van der Waals surface area contributed by atoms with Crippen LogP contribution in [-0.4, -0.2) is 40.6 Å². The molecule has 3 N–H and O–H groups in total. The van der Waals surface area contributed by atoms with Crippen LogP contribution in [0, 0.1) is 25.1 Å². The number of methoxy groups -OCH3 is 1. The van der Waals surface area contributed by atoms with Crippen LogP contribution < -0.4 is 15.8 Å². The SMILES string of the molecule is C#C[C@H](C)Oc1cnc(C(=O)Nc2ccc(F)c([C@]3(C)C[C@](C)(COC)SC(N)=N3)c2)c(C)c1. The zero-order chi connectivity index (χ0) is 25.1. The summed E-state index contributed by atoms with van der Waals surface area (Å²) in [5.74, 6) is 2.09. The maximum Gasteiger partial charge on any atom is 0.274 e. The Labute approximate surface area is 203 Å². The monoisotopic (exact) mass is 484 g/mol. The van der Waals surface area contributed by atoms with Crippen LogP contribution in [0.5, 0.6) is 5.75 Å².